The average molecular weight is 303 g/mol. The summed E-state index contributed by atoms with van der Waals surface area (Å²) in [5, 5.41) is 3.07. The number of para-hydroxylation sites is 2. The van der Waals surface area contributed by atoms with Crippen molar-refractivity contribution >= 4 is 17.4 Å². The van der Waals surface area contributed by atoms with E-state index in [1.54, 1.807) is 4.90 Å². The molecule has 1 aromatic rings. The fraction of sp³-hybridized carbons (Fsp3) is 0.611. The highest BCUT2D eigenvalue weighted by molar-refractivity contribution is 5.93. The number of benzene rings is 1. The highest BCUT2D eigenvalue weighted by Gasteiger charge is 2.22. The maximum Gasteiger partial charge on any atom is 0.321 e. The first-order chi connectivity index (χ1) is 10.5. The van der Waals surface area contributed by atoms with Gasteiger partial charge in [-0.05, 0) is 30.9 Å². The normalized spacial score (nSPS) is 15.1. The molecule has 4 nitrogen and oxygen atoms in total. The van der Waals surface area contributed by atoms with Gasteiger partial charge in [-0.2, -0.15) is 0 Å². The average Bonchev–Trinajstić information content (AvgIpc) is 3.00. The summed E-state index contributed by atoms with van der Waals surface area (Å²) in [6, 6.07) is 8.64. The van der Waals surface area contributed by atoms with Crippen molar-refractivity contribution in [3.05, 3.63) is 24.3 Å². The molecule has 0 radical (unpaired) electrons. The summed E-state index contributed by atoms with van der Waals surface area (Å²) < 4.78 is 0. The summed E-state index contributed by atoms with van der Waals surface area (Å²) >= 11 is 0. The minimum atomic E-state index is -0.0408. The third-order valence-electron chi connectivity index (χ3n) is 4.38. The monoisotopic (exact) mass is 303 g/mol. The van der Waals surface area contributed by atoms with Gasteiger partial charge in [-0.1, -0.05) is 38.8 Å². The molecule has 0 aromatic heterocycles. The minimum absolute atomic E-state index is 0.0408. The number of nitrogens with one attached hydrogen (secondary N) is 1. The summed E-state index contributed by atoms with van der Waals surface area (Å²) in [6.07, 6.45) is 5.10. The third-order valence-corrected chi connectivity index (χ3v) is 4.38. The summed E-state index contributed by atoms with van der Waals surface area (Å²) in [5.74, 6) is 0.465. The number of anilines is 2. The lowest BCUT2D eigenvalue weighted by molar-refractivity contribution is 0.217. The molecule has 0 atom stereocenters. The Labute approximate surface area is 134 Å². The minimum Gasteiger partial charge on any atom is -0.370 e. The van der Waals surface area contributed by atoms with Crippen molar-refractivity contribution in [2.45, 2.75) is 45.6 Å². The zero-order valence-corrected chi connectivity index (χ0v) is 14.3. The molecule has 1 aliphatic rings. The van der Waals surface area contributed by atoms with Crippen molar-refractivity contribution in [1.82, 2.24) is 4.90 Å². The topological polar surface area (TPSA) is 35.6 Å². The van der Waals surface area contributed by atoms with Crippen molar-refractivity contribution in [2.24, 2.45) is 5.92 Å². The molecule has 22 heavy (non-hydrogen) atoms. The van der Waals surface area contributed by atoms with Crippen LogP contribution in [0.25, 0.3) is 0 Å². The fourth-order valence-electron chi connectivity index (χ4n) is 3.22. The second-order valence-corrected chi connectivity index (χ2v) is 6.77. The molecule has 0 unspecified atom stereocenters. The molecular formula is C18H29N3O. The highest BCUT2D eigenvalue weighted by atomic mass is 16.2. The number of hydrogen-bond donors (Lipinski definition) is 1. The molecule has 0 saturated heterocycles. The Morgan fingerprint density at radius 3 is 2.50 bits per heavy atom. The van der Waals surface area contributed by atoms with Crippen LogP contribution >= 0.6 is 0 Å². The number of amides is 2. The number of rotatable bonds is 5. The number of hydrogen-bond acceptors (Lipinski definition) is 2. The number of nitrogens with zero attached hydrogens (tertiary/aromatic N) is 2. The van der Waals surface area contributed by atoms with E-state index >= 15 is 0 Å². The van der Waals surface area contributed by atoms with Crippen LogP contribution in [0.15, 0.2) is 24.3 Å². The van der Waals surface area contributed by atoms with Crippen molar-refractivity contribution in [3.8, 4) is 0 Å². The van der Waals surface area contributed by atoms with Crippen LogP contribution in [-0.2, 0) is 0 Å². The number of urea groups is 1. The summed E-state index contributed by atoms with van der Waals surface area (Å²) in [4.78, 5) is 16.4. The largest absolute Gasteiger partial charge is 0.370 e. The van der Waals surface area contributed by atoms with E-state index in [1.165, 1.54) is 25.7 Å². The summed E-state index contributed by atoms with van der Waals surface area (Å²) in [6.45, 7) is 4.99. The molecule has 2 amide bonds. The lowest BCUT2D eigenvalue weighted by Crippen LogP contribution is -2.35. The summed E-state index contributed by atoms with van der Waals surface area (Å²) in [5.41, 5.74) is 2.01. The molecule has 1 fully saturated rings. The van der Waals surface area contributed by atoms with Gasteiger partial charge in [0.25, 0.3) is 0 Å². The molecule has 4 heteroatoms. The van der Waals surface area contributed by atoms with Crippen LogP contribution in [0.2, 0.25) is 0 Å². The standard InChI is InChI=1S/C18H29N3O/c1-14(2)13-20(3)18(22)19-16-11-7-8-12-17(16)21(4)15-9-5-6-10-15/h7-8,11-12,14-15H,5-6,9-10,13H2,1-4H3,(H,19,22). The Morgan fingerprint density at radius 1 is 1.23 bits per heavy atom. The molecule has 2 rings (SSSR count). The lowest BCUT2D eigenvalue weighted by atomic mass is 10.1. The Bertz CT molecular complexity index is 495. The molecule has 0 spiro atoms. The molecule has 1 aromatic carbocycles. The van der Waals surface area contributed by atoms with Crippen molar-refractivity contribution in [3.63, 3.8) is 0 Å². The van der Waals surface area contributed by atoms with Crippen LogP contribution in [-0.4, -0.2) is 37.6 Å². The van der Waals surface area contributed by atoms with E-state index in [0.29, 0.717) is 12.0 Å². The van der Waals surface area contributed by atoms with E-state index in [1.807, 2.05) is 25.2 Å². The van der Waals surface area contributed by atoms with E-state index in [0.717, 1.165) is 17.9 Å². The van der Waals surface area contributed by atoms with Crippen molar-refractivity contribution in [1.29, 1.82) is 0 Å². The van der Waals surface area contributed by atoms with Gasteiger partial charge >= 0.3 is 6.03 Å². The lowest BCUT2D eigenvalue weighted by Gasteiger charge is -2.29. The van der Waals surface area contributed by atoms with Gasteiger partial charge in [0.2, 0.25) is 0 Å². The number of carbonyl (C=O) groups is 1. The first kappa shape index (κ1) is 16.7. The van der Waals surface area contributed by atoms with Crippen LogP contribution in [0.1, 0.15) is 39.5 Å². The molecule has 1 N–H and O–H groups in total. The van der Waals surface area contributed by atoms with Crippen LogP contribution in [0.5, 0.6) is 0 Å². The Morgan fingerprint density at radius 2 is 1.86 bits per heavy atom. The predicted molar refractivity (Wildman–Crippen MR) is 93.6 cm³/mol. The van der Waals surface area contributed by atoms with Gasteiger partial charge in [0.15, 0.2) is 0 Å². The Hall–Kier alpha value is -1.71. The van der Waals surface area contributed by atoms with Crippen molar-refractivity contribution < 1.29 is 4.79 Å². The van der Waals surface area contributed by atoms with Crippen LogP contribution in [0.4, 0.5) is 16.2 Å². The predicted octanol–water partition coefficient (Wildman–Crippen LogP) is 4.19. The van der Waals surface area contributed by atoms with Crippen molar-refractivity contribution in [2.75, 3.05) is 30.9 Å². The van der Waals surface area contributed by atoms with E-state index in [9.17, 15) is 4.79 Å². The molecular weight excluding hydrogens is 274 g/mol. The molecule has 1 saturated carbocycles. The van der Waals surface area contributed by atoms with E-state index < -0.39 is 0 Å². The Kier molecular flexibility index (Phi) is 5.69. The molecule has 0 aliphatic heterocycles. The highest BCUT2D eigenvalue weighted by Crippen LogP contribution is 2.31. The van der Waals surface area contributed by atoms with Gasteiger partial charge < -0.3 is 15.1 Å². The number of carbonyl (C=O) groups excluding carboxylic acids is 1. The molecule has 0 bridgehead atoms. The van der Waals surface area contributed by atoms with Crippen LogP contribution < -0.4 is 10.2 Å². The van der Waals surface area contributed by atoms with E-state index in [2.05, 4.69) is 37.2 Å². The van der Waals surface area contributed by atoms with Gasteiger partial charge in [0, 0.05) is 26.7 Å². The summed E-state index contributed by atoms with van der Waals surface area (Å²) in [7, 11) is 3.98. The van der Waals surface area contributed by atoms with Gasteiger partial charge in [-0.3, -0.25) is 0 Å². The van der Waals surface area contributed by atoms with E-state index in [-0.39, 0.29) is 6.03 Å². The first-order valence-corrected chi connectivity index (χ1v) is 8.33. The van der Waals surface area contributed by atoms with Crippen LogP contribution in [0, 0.1) is 5.92 Å². The quantitative estimate of drug-likeness (QED) is 0.885. The maximum atomic E-state index is 12.3. The molecule has 0 heterocycles. The van der Waals surface area contributed by atoms with Gasteiger partial charge in [0.1, 0.15) is 0 Å². The fourth-order valence-corrected chi connectivity index (χ4v) is 3.22. The first-order valence-electron chi connectivity index (χ1n) is 8.33. The van der Waals surface area contributed by atoms with Crippen LogP contribution in [0.3, 0.4) is 0 Å². The third kappa shape index (κ3) is 4.15. The Balaban J connectivity index is 2.09. The second-order valence-electron chi connectivity index (χ2n) is 6.77. The zero-order valence-electron chi connectivity index (χ0n) is 14.3. The SMILES string of the molecule is CC(C)CN(C)C(=O)Nc1ccccc1N(C)C1CCCC1. The van der Waals surface area contributed by atoms with Gasteiger partial charge in [-0.25, -0.2) is 4.79 Å². The molecule has 1 aliphatic carbocycles. The smallest absolute Gasteiger partial charge is 0.321 e. The zero-order chi connectivity index (χ0) is 16.1. The molecule has 122 valence electrons. The van der Waals surface area contributed by atoms with E-state index in [4.69, 9.17) is 0 Å². The van der Waals surface area contributed by atoms with Gasteiger partial charge in [-0.15, -0.1) is 0 Å². The maximum absolute atomic E-state index is 12.3. The van der Waals surface area contributed by atoms with Gasteiger partial charge in [0.05, 0.1) is 11.4 Å². The second kappa shape index (κ2) is 7.52.